The van der Waals surface area contributed by atoms with Gasteiger partial charge in [0.15, 0.2) is 9.92 Å². The van der Waals surface area contributed by atoms with E-state index in [-0.39, 0.29) is 10.9 Å². The van der Waals surface area contributed by atoms with Crippen LogP contribution in [0.2, 0.25) is 0 Å². The fourth-order valence-electron chi connectivity index (χ4n) is 7.73. The molecule has 49 heavy (non-hydrogen) atoms. The van der Waals surface area contributed by atoms with Gasteiger partial charge >= 0.3 is 6.03 Å². The number of rotatable bonds is 9. The molecule has 2 aliphatic carbocycles. The van der Waals surface area contributed by atoms with Gasteiger partial charge in [-0.15, -0.1) is 0 Å². The Morgan fingerprint density at radius 2 is 1.45 bits per heavy atom. The first-order valence-corrected chi connectivity index (χ1v) is 18.4. The normalized spacial score (nSPS) is 17.4. The van der Waals surface area contributed by atoms with Gasteiger partial charge in [-0.25, -0.2) is 18.4 Å². The Morgan fingerprint density at radius 1 is 0.898 bits per heavy atom. The van der Waals surface area contributed by atoms with Gasteiger partial charge in [0.25, 0.3) is 0 Å². The largest absolute Gasteiger partial charge is 0.475 e. The van der Waals surface area contributed by atoms with Crippen molar-refractivity contribution < 1.29 is 18.5 Å². The van der Waals surface area contributed by atoms with E-state index in [2.05, 4.69) is 21.2 Å². The zero-order valence-corrected chi connectivity index (χ0v) is 28.2. The van der Waals surface area contributed by atoms with Crippen molar-refractivity contribution in [1.29, 1.82) is 0 Å². The summed E-state index contributed by atoms with van der Waals surface area (Å²) in [6.07, 6.45) is 7.43. The summed E-state index contributed by atoms with van der Waals surface area (Å²) in [5, 5.41) is 7.78. The van der Waals surface area contributed by atoms with Crippen molar-refractivity contribution in [2.75, 3.05) is 25.6 Å². The number of carbonyl (C=O) groups excluding carboxylic acids is 1. The molecule has 4 aromatic carbocycles. The number of ether oxygens (including phenoxy) is 2. The maximum atomic E-state index is 16.0. The third-order valence-electron chi connectivity index (χ3n) is 9.92. The Balaban J connectivity index is 1.34. The molecule has 2 heterocycles. The van der Waals surface area contributed by atoms with E-state index >= 15 is 4.21 Å². The lowest BCUT2D eigenvalue weighted by molar-refractivity contribution is 0.145. The van der Waals surface area contributed by atoms with Gasteiger partial charge in [-0.05, 0) is 77.5 Å². The van der Waals surface area contributed by atoms with E-state index in [1.807, 2.05) is 91.0 Å². The highest BCUT2D eigenvalue weighted by Crippen LogP contribution is 2.44. The quantitative estimate of drug-likeness (QED) is 0.164. The Morgan fingerprint density at radius 3 is 1.98 bits per heavy atom. The maximum absolute atomic E-state index is 16.0. The summed E-state index contributed by atoms with van der Waals surface area (Å²) in [7, 11) is -2.20. The number of amides is 2. The Labute approximate surface area is 287 Å². The third kappa shape index (κ3) is 5.49. The lowest BCUT2D eigenvalue weighted by Crippen LogP contribution is -2.38. The summed E-state index contributed by atoms with van der Waals surface area (Å²) in [6.45, 7) is 0.668. The van der Waals surface area contributed by atoms with Crippen LogP contribution in [0, 0.1) is 0 Å². The van der Waals surface area contributed by atoms with Gasteiger partial charge in [-0.1, -0.05) is 97.1 Å². The molecule has 3 aliphatic rings. The van der Waals surface area contributed by atoms with Crippen molar-refractivity contribution in [2.45, 2.75) is 55.0 Å². The van der Waals surface area contributed by atoms with Crippen LogP contribution < -0.4 is 14.8 Å². The number of nitrogens with one attached hydrogen (secondary N) is 2. The van der Waals surface area contributed by atoms with Crippen LogP contribution in [0.3, 0.4) is 0 Å². The minimum atomic E-state index is -3.82. The zero-order valence-electron chi connectivity index (χ0n) is 27.4. The van der Waals surface area contributed by atoms with Gasteiger partial charge in [0, 0.05) is 12.8 Å². The number of carbonyl (C=O) groups is 1. The van der Waals surface area contributed by atoms with Crippen molar-refractivity contribution in [3.8, 4) is 5.88 Å². The molecule has 0 fully saturated rings. The molecular formula is C39H39N5O4S. The van der Waals surface area contributed by atoms with Crippen molar-refractivity contribution in [3.05, 3.63) is 142 Å². The predicted octanol–water partition coefficient (Wildman–Crippen LogP) is 7.00. The molecular weight excluding hydrogens is 635 g/mol. The number of anilines is 1. The van der Waals surface area contributed by atoms with Gasteiger partial charge in [0.1, 0.15) is 23.1 Å². The van der Waals surface area contributed by atoms with Crippen LogP contribution >= 0.6 is 0 Å². The molecule has 2 N–H and O–H groups in total. The molecule has 0 spiro atoms. The van der Waals surface area contributed by atoms with E-state index in [1.165, 1.54) is 28.5 Å². The number of urea groups is 1. The molecule has 1 unspecified atom stereocenters. The van der Waals surface area contributed by atoms with Crippen LogP contribution in [0.5, 0.6) is 5.88 Å². The second-order valence-corrected chi connectivity index (χ2v) is 14.8. The summed E-state index contributed by atoms with van der Waals surface area (Å²) in [4.78, 5) is 14.5. The average Bonchev–Trinajstić information content (AvgIpc) is 3.95. The highest BCUT2D eigenvalue weighted by molar-refractivity contribution is 7.92. The predicted molar refractivity (Wildman–Crippen MR) is 189 cm³/mol. The monoisotopic (exact) mass is 673 g/mol. The topological polar surface area (TPSA) is 107 Å². The van der Waals surface area contributed by atoms with Crippen molar-refractivity contribution in [2.24, 2.45) is 4.36 Å². The van der Waals surface area contributed by atoms with E-state index in [0.29, 0.717) is 19.1 Å². The molecule has 1 aromatic heterocycles. The molecule has 2 atom stereocenters. The third-order valence-corrected chi connectivity index (χ3v) is 11.8. The van der Waals surface area contributed by atoms with Gasteiger partial charge in [0.05, 0.1) is 12.8 Å². The van der Waals surface area contributed by atoms with Gasteiger partial charge < -0.3 is 14.8 Å². The maximum Gasteiger partial charge on any atom is 0.331 e. The Bertz CT molecular complexity index is 2000. The smallest absolute Gasteiger partial charge is 0.331 e. The molecule has 1 aliphatic heterocycles. The summed E-state index contributed by atoms with van der Waals surface area (Å²) >= 11 is 0. The van der Waals surface area contributed by atoms with Gasteiger partial charge in [-0.3, -0.25) is 0 Å². The van der Waals surface area contributed by atoms with E-state index in [9.17, 15) is 4.79 Å². The van der Waals surface area contributed by atoms with Crippen LogP contribution in [0.1, 0.15) is 57.8 Å². The number of benzene rings is 4. The highest BCUT2D eigenvalue weighted by atomic mass is 32.2. The summed E-state index contributed by atoms with van der Waals surface area (Å²) in [5.74, 6) is 0.306. The number of hydrogen-bond acceptors (Lipinski definition) is 6. The van der Waals surface area contributed by atoms with Crippen molar-refractivity contribution in [1.82, 2.24) is 14.5 Å². The summed E-state index contributed by atoms with van der Waals surface area (Å²) in [5.41, 5.74) is 6.91. The van der Waals surface area contributed by atoms with E-state index in [4.69, 9.17) is 13.8 Å². The van der Waals surface area contributed by atoms with Gasteiger partial charge in [-0.2, -0.15) is 9.46 Å². The molecule has 9 nitrogen and oxygen atoms in total. The molecule has 0 saturated carbocycles. The average molecular weight is 674 g/mol. The molecule has 0 bridgehead atoms. The summed E-state index contributed by atoms with van der Waals surface area (Å²) < 4.78 is 37.5. The van der Waals surface area contributed by atoms with Crippen molar-refractivity contribution >= 4 is 21.6 Å². The number of fused-ring (bicyclic) bond motifs is 3. The molecule has 250 valence electrons. The lowest BCUT2D eigenvalue weighted by Gasteiger charge is -2.33. The Hall–Kier alpha value is -4.93. The standard InChI is InChI=1S/C39H39N5O4S/c1-47-25-32-26-48-37-35(24-40-44(32)37)49(46,42-38(45)41-36-33-21-11-13-27(33)23-28-14-12-22-34(28)36)43-39(29-15-5-2-6-16-29,30-17-7-3-8-18-30)31-19-9-4-10-20-31/h2-10,15-20,23-24,32H,11-14,21-22,25-26H2,1H3,(H2,41,42,43,45,46)/t32-,49?/m0/s1. The van der Waals surface area contributed by atoms with Crippen LogP contribution in [0.4, 0.5) is 10.5 Å². The first-order chi connectivity index (χ1) is 24.0. The molecule has 0 radical (unpaired) electrons. The SMILES string of the molecule is COC[C@H]1COc2c(S(=O)(=NC(c3ccccc3)(c3ccccc3)c3ccccc3)NC(=O)Nc3c4c(cc5c3CCC5)CCC4)cnn21. The molecule has 10 heteroatoms. The fraction of sp³-hybridized carbons (Fsp3) is 0.282. The Kier molecular flexibility index (Phi) is 8.21. The van der Waals surface area contributed by atoms with Crippen LogP contribution in [-0.4, -0.2) is 40.3 Å². The van der Waals surface area contributed by atoms with Crippen LogP contribution in [-0.2, 0) is 45.9 Å². The van der Waals surface area contributed by atoms with Crippen molar-refractivity contribution in [3.63, 3.8) is 0 Å². The first kappa shape index (κ1) is 31.3. The first-order valence-electron chi connectivity index (χ1n) is 16.9. The summed E-state index contributed by atoms with van der Waals surface area (Å²) in [6, 6.07) is 30.9. The minimum Gasteiger partial charge on any atom is -0.475 e. The van der Waals surface area contributed by atoms with E-state index < -0.39 is 21.5 Å². The van der Waals surface area contributed by atoms with Crippen LogP contribution in [0.15, 0.2) is 113 Å². The molecule has 5 aromatic rings. The minimum absolute atomic E-state index is 0.206. The van der Waals surface area contributed by atoms with E-state index in [0.717, 1.165) is 60.9 Å². The number of aromatic nitrogens is 2. The number of nitrogens with zero attached hydrogens (tertiary/aromatic N) is 3. The highest BCUT2D eigenvalue weighted by Gasteiger charge is 2.41. The van der Waals surface area contributed by atoms with Crippen LogP contribution in [0.25, 0.3) is 0 Å². The number of hydrogen-bond donors (Lipinski definition) is 2. The second kappa shape index (κ2) is 12.8. The molecule has 2 amide bonds. The molecule has 0 saturated heterocycles. The lowest BCUT2D eigenvalue weighted by atomic mass is 9.78. The zero-order chi connectivity index (χ0) is 33.4. The second-order valence-electron chi connectivity index (χ2n) is 12.9. The number of methoxy groups -OCH3 is 1. The van der Waals surface area contributed by atoms with E-state index in [1.54, 1.807) is 11.8 Å². The molecule has 8 rings (SSSR count). The van der Waals surface area contributed by atoms with Gasteiger partial charge in [0.2, 0.25) is 5.88 Å². The fourth-order valence-corrected chi connectivity index (χ4v) is 9.56. The number of aryl methyl sites for hydroxylation is 2.